The van der Waals surface area contributed by atoms with Crippen LogP contribution in [0.5, 0.6) is 0 Å². The molecule has 5 rings (SSSR count). The van der Waals surface area contributed by atoms with Gasteiger partial charge in [0.05, 0.1) is 22.1 Å². The lowest BCUT2D eigenvalue weighted by molar-refractivity contribution is -0.114. The summed E-state index contributed by atoms with van der Waals surface area (Å²) in [5.41, 5.74) is 2.04. The Morgan fingerprint density at radius 3 is 2.62 bits per heavy atom. The lowest BCUT2D eigenvalue weighted by Gasteiger charge is -2.26. The van der Waals surface area contributed by atoms with Gasteiger partial charge in [0.15, 0.2) is 0 Å². The molecule has 32 heavy (non-hydrogen) atoms. The molecule has 0 unspecified atom stereocenters. The van der Waals surface area contributed by atoms with Crippen LogP contribution in [-0.2, 0) is 4.79 Å². The molecule has 162 valence electrons. The van der Waals surface area contributed by atoms with E-state index in [-0.39, 0.29) is 11.9 Å². The van der Waals surface area contributed by atoms with Crippen LogP contribution in [0, 0.1) is 0 Å². The van der Waals surface area contributed by atoms with E-state index in [1.165, 1.54) is 13.1 Å². The number of aromatic amines is 1. The highest BCUT2D eigenvalue weighted by molar-refractivity contribution is 6.01. The van der Waals surface area contributed by atoms with Crippen molar-refractivity contribution in [1.29, 1.82) is 0 Å². The van der Waals surface area contributed by atoms with Crippen molar-refractivity contribution in [3.63, 3.8) is 0 Å². The fraction of sp³-hybridized carbons (Fsp3) is 0.273. The minimum absolute atomic E-state index is 0.0437. The number of rotatable bonds is 3. The normalized spacial score (nSPS) is 14.7. The van der Waals surface area contributed by atoms with Gasteiger partial charge in [-0.25, -0.2) is 14.8 Å². The highest BCUT2D eigenvalue weighted by Gasteiger charge is 2.22. The Morgan fingerprint density at radius 1 is 1.09 bits per heavy atom. The zero-order valence-corrected chi connectivity index (χ0v) is 17.4. The molecule has 0 bridgehead atoms. The average Bonchev–Trinajstić information content (AvgIpc) is 2.79. The molecule has 1 fully saturated rings. The zero-order chi connectivity index (χ0) is 22.2. The highest BCUT2D eigenvalue weighted by Crippen LogP contribution is 2.27. The molecular formula is C22H21N7O3. The number of pyridine rings is 3. The standard InChI is InChI=1S/C22H21N7O3/c1-12(30)26-18-5-2-13(10-25-18)16-3-4-17-19(27-16)20-15(11-24-17)21(31)28-22(32)29(20)14-6-8-23-9-7-14/h2-5,10-11,14,23H,6-9H2,1H3,(H,25,26,30)(H,28,31,32). The summed E-state index contributed by atoms with van der Waals surface area (Å²) in [6, 6.07) is 7.09. The second-order valence-electron chi connectivity index (χ2n) is 7.81. The number of hydrogen-bond donors (Lipinski definition) is 3. The first kappa shape index (κ1) is 20.0. The molecule has 3 N–H and O–H groups in total. The first-order chi connectivity index (χ1) is 15.5. The van der Waals surface area contributed by atoms with Crippen molar-refractivity contribution < 1.29 is 4.79 Å². The van der Waals surface area contributed by atoms with E-state index >= 15 is 0 Å². The van der Waals surface area contributed by atoms with E-state index in [2.05, 4.69) is 25.6 Å². The zero-order valence-electron chi connectivity index (χ0n) is 17.4. The van der Waals surface area contributed by atoms with E-state index in [1.807, 2.05) is 12.1 Å². The molecule has 0 atom stereocenters. The summed E-state index contributed by atoms with van der Waals surface area (Å²) >= 11 is 0. The van der Waals surface area contributed by atoms with Crippen molar-refractivity contribution in [2.45, 2.75) is 25.8 Å². The summed E-state index contributed by atoms with van der Waals surface area (Å²) in [6.45, 7) is 3.01. The summed E-state index contributed by atoms with van der Waals surface area (Å²) in [5.74, 6) is 0.244. The smallest absolute Gasteiger partial charge is 0.317 e. The van der Waals surface area contributed by atoms with Gasteiger partial charge in [-0.3, -0.25) is 24.1 Å². The summed E-state index contributed by atoms with van der Waals surface area (Å²) in [5, 5.41) is 6.26. The van der Waals surface area contributed by atoms with Gasteiger partial charge in [-0.2, -0.15) is 0 Å². The second-order valence-corrected chi connectivity index (χ2v) is 7.81. The molecule has 0 spiro atoms. The van der Waals surface area contributed by atoms with Gasteiger partial charge in [0.25, 0.3) is 5.56 Å². The van der Waals surface area contributed by atoms with Gasteiger partial charge < -0.3 is 10.6 Å². The molecule has 1 saturated heterocycles. The maximum atomic E-state index is 12.9. The number of aromatic nitrogens is 5. The van der Waals surface area contributed by atoms with E-state index < -0.39 is 11.2 Å². The van der Waals surface area contributed by atoms with Crippen molar-refractivity contribution in [1.82, 2.24) is 29.8 Å². The number of nitrogens with zero attached hydrogens (tertiary/aromatic N) is 4. The van der Waals surface area contributed by atoms with Crippen LogP contribution in [0.25, 0.3) is 33.2 Å². The van der Waals surface area contributed by atoms with Crippen molar-refractivity contribution in [3.05, 3.63) is 57.5 Å². The number of carbonyl (C=O) groups excluding carboxylic acids is 1. The number of amides is 1. The molecule has 1 aliphatic rings. The molecule has 4 aromatic heterocycles. The molecule has 1 amide bonds. The number of hydrogen-bond acceptors (Lipinski definition) is 7. The molecular weight excluding hydrogens is 410 g/mol. The van der Waals surface area contributed by atoms with Crippen LogP contribution in [0.4, 0.5) is 5.82 Å². The van der Waals surface area contributed by atoms with Crippen molar-refractivity contribution in [2.24, 2.45) is 0 Å². The van der Waals surface area contributed by atoms with Crippen LogP contribution < -0.4 is 21.9 Å². The van der Waals surface area contributed by atoms with Gasteiger partial charge in [0, 0.05) is 30.9 Å². The topological polar surface area (TPSA) is 135 Å². The maximum Gasteiger partial charge on any atom is 0.329 e. The van der Waals surface area contributed by atoms with Crippen LogP contribution in [-0.4, -0.2) is 43.5 Å². The average molecular weight is 431 g/mol. The van der Waals surface area contributed by atoms with Gasteiger partial charge in [0.1, 0.15) is 11.3 Å². The molecule has 0 aliphatic carbocycles. The van der Waals surface area contributed by atoms with Crippen molar-refractivity contribution in [2.75, 3.05) is 18.4 Å². The van der Waals surface area contributed by atoms with Gasteiger partial charge in [-0.1, -0.05) is 0 Å². The van der Waals surface area contributed by atoms with E-state index in [0.29, 0.717) is 33.4 Å². The van der Waals surface area contributed by atoms with Gasteiger partial charge in [-0.05, 0) is 50.2 Å². The van der Waals surface area contributed by atoms with E-state index in [4.69, 9.17) is 4.98 Å². The Balaban J connectivity index is 1.72. The fourth-order valence-electron chi connectivity index (χ4n) is 4.16. The predicted octanol–water partition coefficient (Wildman–Crippen LogP) is 1.58. The third kappa shape index (κ3) is 3.54. The maximum absolute atomic E-state index is 12.9. The highest BCUT2D eigenvalue weighted by atomic mass is 16.2. The number of nitrogens with one attached hydrogen (secondary N) is 3. The molecule has 0 radical (unpaired) electrons. The quantitative estimate of drug-likeness (QED) is 0.419. The monoisotopic (exact) mass is 431 g/mol. The third-order valence-corrected chi connectivity index (χ3v) is 5.65. The van der Waals surface area contributed by atoms with Crippen LogP contribution in [0.15, 0.2) is 46.2 Å². The molecule has 10 nitrogen and oxygen atoms in total. The van der Waals surface area contributed by atoms with Crippen LogP contribution in [0.2, 0.25) is 0 Å². The van der Waals surface area contributed by atoms with Gasteiger partial charge in [0.2, 0.25) is 5.91 Å². The summed E-state index contributed by atoms with van der Waals surface area (Å²) in [4.78, 5) is 52.5. The molecule has 0 saturated carbocycles. The Kier molecular flexibility index (Phi) is 4.98. The summed E-state index contributed by atoms with van der Waals surface area (Å²) in [6.07, 6.45) is 4.67. The lowest BCUT2D eigenvalue weighted by Crippen LogP contribution is -2.38. The third-order valence-electron chi connectivity index (χ3n) is 5.65. The number of fused-ring (bicyclic) bond motifs is 3. The van der Waals surface area contributed by atoms with E-state index in [0.717, 1.165) is 31.5 Å². The lowest BCUT2D eigenvalue weighted by atomic mass is 10.1. The number of carbonyl (C=O) groups is 1. The van der Waals surface area contributed by atoms with Crippen LogP contribution in [0.3, 0.4) is 0 Å². The van der Waals surface area contributed by atoms with Crippen LogP contribution >= 0.6 is 0 Å². The minimum Gasteiger partial charge on any atom is -0.317 e. The Labute approximate surface area is 181 Å². The minimum atomic E-state index is -0.474. The fourth-order valence-corrected chi connectivity index (χ4v) is 4.16. The predicted molar refractivity (Wildman–Crippen MR) is 121 cm³/mol. The SMILES string of the molecule is CC(=O)Nc1ccc(-c2ccc3ncc4c(=O)[nH]c(=O)n(C5CCNCC5)c4c3n2)cn1. The summed E-state index contributed by atoms with van der Waals surface area (Å²) < 4.78 is 1.66. The first-order valence-corrected chi connectivity index (χ1v) is 10.4. The summed E-state index contributed by atoms with van der Waals surface area (Å²) in [7, 11) is 0. The first-order valence-electron chi connectivity index (χ1n) is 10.4. The molecule has 1 aliphatic heterocycles. The molecule has 4 aromatic rings. The van der Waals surface area contributed by atoms with Crippen molar-refractivity contribution >= 4 is 33.7 Å². The number of anilines is 1. The number of piperidine rings is 1. The molecule has 0 aromatic carbocycles. The Bertz CT molecular complexity index is 1450. The second kappa shape index (κ2) is 7.97. The van der Waals surface area contributed by atoms with E-state index in [9.17, 15) is 14.4 Å². The Hall–Kier alpha value is -3.92. The molecule has 10 heteroatoms. The van der Waals surface area contributed by atoms with Gasteiger partial charge in [-0.15, -0.1) is 0 Å². The van der Waals surface area contributed by atoms with Gasteiger partial charge >= 0.3 is 5.69 Å². The van der Waals surface area contributed by atoms with Crippen molar-refractivity contribution in [3.8, 4) is 11.3 Å². The van der Waals surface area contributed by atoms with Crippen LogP contribution in [0.1, 0.15) is 25.8 Å². The largest absolute Gasteiger partial charge is 0.329 e. The molecule has 5 heterocycles. The van der Waals surface area contributed by atoms with E-state index in [1.54, 1.807) is 22.9 Å². The Morgan fingerprint density at radius 2 is 1.91 bits per heavy atom. The number of H-pyrrole nitrogens is 1.